The van der Waals surface area contributed by atoms with Gasteiger partial charge in [0.05, 0.1) is 17.5 Å². The van der Waals surface area contributed by atoms with E-state index < -0.39 is 11.7 Å². The molecule has 0 atom stereocenters. The lowest BCUT2D eigenvalue weighted by atomic mass is 10.2. The summed E-state index contributed by atoms with van der Waals surface area (Å²) in [4.78, 5) is 11.8. The Balaban J connectivity index is 2.28. The van der Waals surface area contributed by atoms with Gasteiger partial charge in [0.2, 0.25) is 5.22 Å². The molecule has 0 radical (unpaired) electrons. The normalized spacial score (nSPS) is 10.3. The molecule has 0 spiro atoms. The molecule has 0 saturated carbocycles. The van der Waals surface area contributed by atoms with Crippen LogP contribution in [0.15, 0.2) is 34.9 Å². The molecule has 3 nitrogen and oxygen atoms in total. The van der Waals surface area contributed by atoms with E-state index in [4.69, 9.17) is 16.0 Å². The van der Waals surface area contributed by atoms with Gasteiger partial charge in [-0.3, -0.25) is 4.79 Å². The van der Waals surface area contributed by atoms with E-state index in [0.29, 0.717) is 5.56 Å². The van der Waals surface area contributed by atoms with Crippen molar-refractivity contribution < 1.29 is 13.6 Å². The first-order chi connectivity index (χ1) is 8.09. The number of nitrogens with one attached hydrogen (secondary N) is 1. The third kappa shape index (κ3) is 2.31. The topological polar surface area (TPSA) is 42.2 Å². The number of anilines is 1. The minimum atomic E-state index is -0.503. The Morgan fingerprint density at radius 3 is 2.76 bits per heavy atom. The van der Waals surface area contributed by atoms with Crippen LogP contribution in [0, 0.1) is 12.7 Å². The maximum atomic E-state index is 13.5. The Hall–Kier alpha value is -1.81. The van der Waals surface area contributed by atoms with E-state index in [1.807, 2.05) is 0 Å². The molecule has 2 rings (SSSR count). The molecule has 0 aliphatic carbocycles. The standard InChI is InChI=1S/C12H9ClFNO2/c1-7-3-2-4-9(14)10(7)15-12(16)8-5-6-17-11(8)13/h2-6H,1H3,(H,15,16). The van der Waals surface area contributed by atoms with Crippen molar-refractivity contribution in [2.24, 2.45) is 0 Å². The van der Waals surface area contributed by atoms with Crippen molar-refractivity contribution in [2.75, 3.05) is 5.32 Å². The second-order valence-corrected chi connectivity index (χ2v) is 3.84. The first-order valence-corrected chi connectivity index (χ1v) is 5.27. The number of aryl methyl sites for hydroxylation is 1. The van der Waals surface area contributed by atoms with Crippen molar-refractivity contribution in [3.8, 4) is 0 Å². The Bertz CT molecular complexity index is 545. The Morgan fingerprint density at radius 2 is 2.18 bits per heavy atom. The summed E-state index contributed by atoms with van der Waals surface area (Å²) in [6, 6.07) is 5.98. The third-order valence-corrected chi connectivity index (χ3v) is 2.62. The van der Waals surface area contributed by atoms with E-state index in [2.05, 4.69) is 5.32 Å². The monoisotopic (exact) mass is 253 g/mol. The summed E-state index contributed by atoms with van der Waals surface area (Å²) in [7, 11) is 0. The van der Waals surface area contributed by atoms with Crippen LogP contribution in [0.1, 0.15) is 15.9 Å². The minimum absolute atomic E-state index is 0.0171. The summed E-state index contributed by atoms with van der Waals surface area (Å²) in [5.41, 5.74) is 0.960. The number of amides is 1. The molecule has 1 amide bonds. The molecule has 1 aromatic heterocycles. The van der Waals surface area contributed by atoms with Crippen molar-refractivity contribution in [3.63, 3.8) is 0 Å². The van der Waals surface area contributed by atoms with Gasteiger partial charge in [0.1, 0.15) is 5.82 Å². The molecular formula is C12H9ClFNO2. The molecule has 0 aliphatic rings. The summed E-state index contributed by atoms with van der Waals surface area (Å²) in [6.07, 6.45) is 1.30. The number of carbonyl (C=O) groups excluding carboxylic acids is 1. The highest BCUT2D eigenvalue weighted by molar-refractivity contribution is 6.32. The van der Waals surface area contributed by atoms with Crippen LogP contribution in [0.5, 0.6) is 0 Å². The second kappa shape index (κ2) is 4.59. The number of furan rings is 1. The molecule has 17 heavy (non-hydrogen) atoms. The van der Waals surface area contributed by atoms with Gasteiger partial charge in [0, 0.05) is 0 Å². The van der Waals surface area contributed by atoms with Gasteiger partial charge < -0.3 is 9.73 Å². The highest BCUT2D eigenvalue weighted by atomic mass is 35.5. The number of hydrogen-bond acceptors (Lipinski definition) is 2. The molecule has 0 unspecified atom stereocenters. The summed E-state index contributed by atoms with van der Waals surface area (Å²) in [5.74, 6) is -0.991. The molecule has 1 heterocycles. The number of rotatable bonds is 2. The predicted octanol–water partition coefficient (Wildman–Crippen LogP) is 3.63. The molecule has 0 bridgehead atoms. The zero-order chi connectivity index (χ0) is 12.4. The van der Waals surface area contributed by atoms with Gasteiger partial charge in [-0.25, -0.2) is 4.39 Å². The number of halogens is 2. The zero-order valence-corrected chi connectivity index (χ0v) is 9.72. The molecule has 1 N–H and O–H groups in total. The molecule has 1 aromatic carbocycles. The molecule has 2 aromatic rings. The van der Waals surface area contributed by atoms with Crippen LogP contribution in [-0.2, 0) is 0 Å². The SMILES string of the molecule is Cc1cccc(F)c1NC(=O)c1ccoc1Cl. The number of benzene rings is 1. The summed E-state index contributed by atoms with van der Waals surface area (Å²) in [5, 5.41) is 2.45. The zero-order valence-electron chi connectivity index (χ0n) is 8.96. The first-order valence-electron chi connectivity index (χ1n) is 4.89. The lowest BCUT2D eigenvalue weighted by Gasteiger charge is -2.08. The molecule has 0 aliphatic heterocycles. The molecule has 0 fully saturated rings. The van der Waals surface area contributed by atoms with Crippen molar-refractivity contribution in [3.05, 3.63) is 52.7 Å². The molecule has 88 valence electrons. The minimum Gasteiger partial charge on any atom is -0.452 e. The summed E-state index contributed by atoms with van der Waals surface area (Å²) in [6.45, 7) is 1.70. The van der Waals surface area contributed by atoms with E-state index in [-0.39, 0.29) is 16.5 Å². The Kier molecular flexibility index (Phi) is 3.15. The van der Waals surface area contributed by atoms with Crippen LogP contribution in [0.3, 0.4) is 0 Å². The first kappa shape index (κ1) is 11.7. The molecule has 0 saturated heterocycles. The molecule has 5 heteroatoms. The predicted molar refractivity (Wildman–Crippen MR) is 62.8 cm³/mol. The fraction of sp³-hybridized carbons (Fsp3) is 0.0833. The smallest absolute Gasteiger partial charge is 0.260 e. The van der Waals surface area contributed by atoms with Crippen LogP contribution in [0.2, 0.25) is 5.22 Å². The number of hydrogen-bond donors (Lipinski definition) is 1. The van der Waals surface area contributed by atoms with Gasteiger partial charge in [-0.05, 0) is 36.2 Å². The number of para-hydroxylation sites is 1. The van der Waals surface area contributed by atoms with Crippen LogP contribution in [0.4, 0.5) is 10.1 Å². The fourth-order valence-corrected chi connectivity index (χ4v) is 1.63. The maximum absolute atomic E-state index is 13.5. The van der Waals surface area contributed by atoms with Gasteiger partial charge in [-0.2, -0.15) is 0 Å². The van der Waals surface area contributed by atoms with Gasteiger partial charge in [0.15, 0.2) is 0 Å². The van der Waals surface area contributed by atoms with Crippen molar-refractivity contribution in [1.82, 2.24) is 0 Å². The number of carbonyl (C=O) groups is 1. The van der Waals surface area contributed by atoms with Crippen molar-refractivity contribution >= 4 is 23.2 Å². The lowest BCUT2D eigenvalue weighted by Crippen LogP contribution is -2.13. The van der Waals surface area contributed by atoms with Gasteiger partial charge in [-0.1, -0.05) is 12.1 Å². The van der Waals surface area contributed by atoms with E-state index in [1.165, 1.54) is 18.4 Å². The van der Waals surface area contributed by atoms with Crippen molar-refractivity contribution in [2.45, 2.75) is 6.92 Å². The van der Waals surface area contributed by atoms with Gasteiger partial charge in [0.25, 0.3) is 5.91 Å². The van der Waals surface area contributed by atoms with Crippen LogP contribution in [-0.4, -0.2) is 5.91 Å². The lowest BCUT2D eigenvalue weighted by molar-refractivity contribution is 0.102. The van der Waals surface area contributed by atoms with Crippen LogP contribution in [0.25, 0.3) is 0 Å². The van der Waals surface area contributed by atoms with Gasteiger partial charge in [-0.15, -0.1) is 0 Å². The molecular weight excluding hydrogens is 245 g/mol. The van der Waals surface area contributed by atoms with Gasteiger partial charge >= 0.3 is 0 Å². The quantitative estimate of drug-likeness (QED) is 0.888. The van der Waals surface area contributed by atoms with E-state index >= 15 is 0 Å². The fourth-order valence-electron chi connectivity index (χ4n) is 1.43. The van der Waals surface area contributed by atoms with E-state index in [0.717, 1.165) is 0 Å². The highest BCUT2D eigenvalue weighted by Gasteiger charge is 2.15. The van der Waals surface area contributed by atoms with E-state index in [9.17, 15) is 9.18 Å². The average Bonchev–Trinajstić information content (AvgIpc) is 2.70. The third-order valence-electron chi connectivity index (χ3n) is 2.32. The van der Waals surface area contributed by atoms with Crippen molar-refractivity contribution in [1.29, 1.82) is 0 Å². The van der Waals surface area contributed by atoms with Crippen LogP contribution < -0.4 is 5.32 Å². The Morgan fingerprint density at radius 1 is 1.41 bits per heavy atom. The van der Waals surface area contributed by atoms with Crippen LogP contribution >= 0.6 is 11.6 Å². The highest BCUT2D eigenvalue weighted by Crippen LogP contribution is 2.22. The Labute approximate surface area is 102 Å². The maximum Gasteiger partial charge on any atom is 0.260 e. The largest absolute Gasteiger partial charge is 0.452 e. The summed E-state index contributed by atoms with van der Waals surface area (Å²) >= 11 is 5.66. The summed E-state index contributed by atoms with van der Waals surface area (Å²) < 4.78 is 18.3. The average molecular weight is 254 g/mol. The van der Waals surface area contributed by atoms with E-state index in [1.54, 1.807) is 19.1 Å². The second-order valence-electron chi connectivity index (χ2n) is 3.49.